The van der Waals surface area contributed by atoms with Crippen LogP contribution >= 0.6 is 0 Å². The van der Waals surface area contributed by atoms with E-state index in [4.69, 9.17) is 5.14 Å². The fourth-order valence-corrected chi connectivity index (χ4v) is 3.04. The summed E-state index contributed by atoms with van der Waals surface area (Å²) in [6, 6.07) is 10.0. The van der Waals surface area contributed by atoms with Crippen LogP contribution in [-0.4, -0.2) is 23.3 Å². The van der Waals surface area contributed by atoms with Crippen LogP contribution in [0.2, 0.25) is 0 Å². The molecule has 3 aromatic rings. The molecule has 0 radical (unpaired) electrons. The number of aromatic carboxylic acids is 1. The molecule has 112 valence electrons. The summed E-state index contributed by atoms with van der Waals surface area (Å²) in [5.41, 5.74) is 0.881. The molecule has 0 aliphatic heterocycles. The predicted molar refractivity (Wildman–Crippen MR) is 78.0 cm³/mol. The third-order valence-electron chi connectivity index (χ3n) is 3.26. The molecule has 7 nitrogen and oxygen atoms in total. The normalized spacial score (nSPS) is 11.2. The first kappa shape index (κ1) is 17.6. The van der Waals surface area contributed by atoms with Gasteiger partial charge < -0.3 is 9.90 Å². The molecule has 0 saturated carbocycles. The van der Waals surface area contributed by atoms with E-state index in [1.54, 1.807) is 36.5 Å². The van der Waals surface area contributed by atoms with Crippen LogP contribution < -0.4 is 39.8 Å². The average Bonchev–Trinajstić information content (AvgIpc) is 2.91. The maximum Gasteiger partial charge on any atom is 1.00 e. The molecule has 9 heteroatoms. The Kier molecular flexibility index (Phi) is 4.92. The molecular formula is C14H10N3NaO4S. The minimum Gasteiger partial charge on any atom is -0.543 e. The standard InChI is InChI=1S/C14H11N3O4S.Na/c15-22(20,21)17-8-6-11(13(17)14(18)19)9-3-1-5-12-10(9)4-2-7-16-12;/h1-8H,(H,18,19)(H2,15,20,21);/q;+1/p-1. The van der Waals surface area contributed by atoms with Gasteiger partial charge in [-0.05, 0) is 23.8 Å². The van der Waals surface area contributed by atoms with Crippen LogP contribution in [0.4, 0.5) is 0 Å². The van der Waals surface area contributed by atoms with Crippen LogP contribution in [0.1, 0.15) is 10.5 Å². The number of aromatic nitrogens is 2. The molecule has 23 heavy (non-hydrogen) atoms. The number of nitrogens with zero attached hydrogens (tertiary/aromatic N) is 2. The van der Waals surface area contributed by atoms with Crippen LogP contribution in [-0.2, 0) is 10.2 Å². The Labute approximate surface area is 154 Å². The van der Waals surface area contributed by atoms with Crippen molar-refractivity contribution in [3.63, 3.8) is 0 Å². The second kappa shape index (κ2) is 6.42. The molecular weight excluding hydrogens is 329 g/mol. The zero-order valence-electron chi connectivity index (χ0n) is 12.1. The fraction of sp³-hybridized carbons (Fsp3) is 0. The van der Waals surface area contributed by atoms with Gasteiger partial charge in [-0.25, -0.2) is 9.11 Å². The van der Waals surface area contributed by atoms with Crippen LogP contribution in [0, 0.1) is 0 Å². The Balaban J connectivity index is 0.00000192. The number of fused-ring (bicyclic) bond motifs is 1. The van der Waals surface area contributed by atoms with E-state index in [2.05, 4.69) is 4.98 Å². The first-order valence-corrected chi connectivity index (χ1v) is 7.70. The van der Waals surface area contributed by atoms with E-state index in [0.29, 0.717) is 20.4 Å². The van der Waals surface area contributed by atoms with Crippen molar-refractivity contribution in [2.75, 3.05) is 0 Å². The summed E-state index contributed by atoms with van der Waals surface area (Å²) in [7, 11) is -4.24. The van der Waals surface area contributed by atoms with E-state index in [1.165, 1.54) is 6.07 Å². The maximum absolute atomic E-state index is 11.5. The van der Waals surface area contributed by atoms with Crippen molar-refractivity contribution in [3.8, 4) is 11.1 Å². The van der Waals surface area contributed by atoms with Gasteiger partial charge in [0.05, 0.1) is 17.2 Å². The van der Waals surface area contributed by atoms with Gasteiger partial charge in [-0.15, -0.1) is 0 Å². The van der Waals surface area contributed by atoms with Crippen LogP contribution in [0.25, 0.3) is 22.0 Å². The van der Waals surface area contributed by atoms with Gasteiger partial charge in [-0.2, -0.15) is 8.42 Å². The third kappa shape index (κ3) is 3.17. The van der Waals surface area contributed by atoms with Gasteiger partial charge in [0, 0.05) is 23.3 Å². The predicted octanol–water partition coefficient (Wildman–Crippen LogP) is -2.88. The number of carboxylic acid groups (broad SMARTS) is 1. The van der Waals surface area contributed by atoms with Crippen molar-refractivity contribution in [1.82, 2.24) is 8.96 Å². The summed E-state index contributed by atoms with van der Waals surface area (Å²) in [6.45, 7) is 0. The van der Waals surface area contributed by atoms with Gasteiger partial charge in [0.1, 0.15) is 0 Å². The zero-order valence-corrected chi connectivity index (χ0v) is 14.9. The Morgan fingerprint density at radius 3 is 2.52 bits per heavy atom. The van der Waals surface area contributed by atoms with Crippen molar-refractivity contribution in [2.24, 2.45) is 5.14 Å². The molecule has 0 spiro atoms. The number of hydrogen-bond acceptors (Lipinski definition) is 5. The minimum absolute atomic E-state index is 0. The van der Waals surface area contributed by atoms with E-state index in [1.807, 2.05) is 0 Å². The molecule has 0 amide bonds. The van der Waals surface area contributed by atoms with Crippen LogP contribution in [0.5, 0.6) is 0 Å². The number of pyridine rings is 1. The van der Waals surface area contributed by atoms with E-state index < -0.39 is 21.9 Å². The summed E-state index contributed by atoms with van der Waals surface area (Å²) < 4.78 is 23.5. The first-order valence-electron chi connectivity index (χ1n) is 6.19. The van der Waals surface area contributed by atoms with Gasteiger partial charge in [0.15, 0.2) is 0 Å². The van der Waals surface area contributed by atoms with E-state index in [-0.39, 0.29) is 35.1 Å². The van der Waals surface area contributed by atoms with Crippen LogP contribution in [0.15, 0.2) is 48.8 Å². The SMILES string of the molecule is NS(=O)(=O)n1ccc(-c2cccc3ncccc23)c1C(=O)[O-].[Na+]. The quantitative estimate of drug-likeness (QED) is 0.514. The topological polar surface area (TPSA) is 118 Å². The number of benzene rings is 1. The van der Waals surface area contributed by atoms with Gasteiger partial charge in [-0.3, -0.25) is 4.98 Å². The molecule has 2 aromatic heterocycles. The molecule has 0 aliphatic carbocycles. The molecule has 0 unspecified atom stereocenters. The number of rotatable bonds is 3. The van der Waals surface area contributed by atoms with E-state index in [0.717, 1.165) is 6.20 Å². The van der Waals surface area contributed by atoms with Gasteiger partial charge in [0.2, 0.25) is 0 Å². The fourth-order valence-electron chi connectivity index (χ4n) is 2.38. The second-order valence-electron chi connectivity index (χ2n) is 4.58. The van der Waals surface area contributed by atoms with Crippen molar-refractivity contribution in [3.05, 3.63) is 54.5 Å². The van der Waals surface area contributed by atoms with Gasteiger partial charge in [0.25, 0.3) is 0 Å². The molecule has 0 atom stereocenters. The molecule has 2 heterocycles. The molecule has 0 bridgehead atoms. The minimum atomic E-state index is -4.24. The van der Waals surface area contributed by atoms with Gasteiger partial charge in [-0.1, -0.05) is 18.2 Å². The monoisotopic (exact) mass is 339 g/mol. The Hall–Kier alpha value is -1.71. The number of hydrogen-bond donors (Lipinski definition) is 1. The van der Waals surface area contributed by atoms with Gasteiger partial charge >= 0.3 is 39.8 Å². The average molecular weight is 339 g/mol. The number of carbonyl (C=O) groups excluding carboxylic acids is 1. The largest absolute Gasteiger partial charge is 1.00 e. The number of carbonyl (C=O) groups is 1. The smallest absolute Gasteiger partial charge is 0.543 e. The summed E-state index contributed by atoms with van der Waals surface area (Å²) in [4.78, 5) is 15.6. The van der Waals surface area contributed by atoms with Crippen molar-refractivity contribution < 1.29 is 47.9 Å². The van der Waals surface area contributed by atoms with Crippen molar-refractivity contribution in [2.45, 2.75) is 0 Å². The molecule has 2 N–H and O–H groups in total. The zero-order chi connectivity index (χ0) is 15.9. The summed E-state index contributed by atoms with van der Waals surface area (Å²) >= 11 is 0. The maximum atomic E-state index is 11.5. The summed E-state index contributed by atoms with van der Waals surface area (Å²) in [6.07, 6.45) is 2.70. The summed E-state index contributed by atoms with van der Waals surface area (Å²) in [5.74, 6) is -1.63. The molecule has 3 rings (SSSR count). The van der Waals surface area contributed by atoms with Crippen LogP contribution in [0.3, 0.4) is 0 Å². The molecule has 1 aromatic carbocycles. The third-order valence-corrected chi connectivity index (χ3v) is 4.11. The van der Waals surface area contributed by atoms with E-state index >= 15 is 0 Å². The Morgan fingerprint density at radius 1 is 1.13 bits per heavy atom. The summed E-state index contributed by atoms with van der Waals surface area (Å²) in [5, 5.41) is 17.1. The molecule has 0 fully saturated rings. The number of carboxylic acids is 1. The number of nitrogens with two attached hydrogens (primary N) is 1. The second-order valence-corrected chi connectivity index (χ2v) is 6.01. The molecule has 0 saturated heterocycles. The Morgan fingerprint density at radius 2 is 1.87 bits per heavy atom. The van der Waals surface area contributed by atoms with Crippen molar-refractivity contribution in [1.29, 1.82) is 0 Å². The van der Waals surface area contributed by atoms with Crippen molar-refractivity contribution >= 4 is 27.1 Å². The van der Waals surface area contributed by atoms with E-state index in [9.17, 15) is 18.3 Å². The Bertz CT molecular complexity index is 993. The first-order chi connectivity index (χ1) is 10.4. The molecule has 0 aliphatic rings.